The highest BCUT2D eigenvalue weighted by molar-refractivity contribution is 5.95. The quantitative estimate of drug-likeness (QED) is 0.126. The summed E-state index contributed by atoms with van der Waals surface area (Å²) in [7, 11) is 0. The van der Waals surface area contributed by atoms with E-state index in [2.05, 4.69) is 17.6 Å². The van der Waals surface area contributed by atoms with Crippen LogP contribution in [0.4, 0.5) is 4.79 Å². The number of alkyl carbamates (subject to hydrolysis) is 1. The molecule has 3 unspecified atom stereocenters. The molecule has 11 heteroatoms. The van der Waals surface area contributed by atoms with Crippen molar-refractivity contribution in [3.63, 3.8) is 0 Å². The lowest BCUT2D eigenvalue weighted by atomic mass is 9.98. The number of aryl methyl sites for hydroxylation is 1. The van der Waals surface area contributed by atoms with Gasteiger partial charge in [0.05, 0.1) is 6.42 Å². The number of benzene rings is 2. The molecule has 4 N–H and O–H groups in total. The number of nitrogens with two attached hydrogens (primary N) is 1. The van der Waals surface area contributed by atoms with Crippen molar-refractivity contribution in [3.05, 3.63) is 71.3 Å². The standard InChI is InChI=1S/C39H58N4O7/c1-9-10-11-12-13-17-23-43(35(46)30(26-32(40)44)42-37(48)50-39(6,7)8)33(29-22-18-19-27(2)24-29)34(45)41-31(36(47)49-38(3,4)5)25-28-20-15-14-16-21-28/h14-16,18-22,24,30-31,33H,9-13,17,23,25-26H2,1-8H3,(H2,40,44)(H,41,45)(H,42,48). The smallest absolute Gasteiger partial charge is 0.408 e. The highest BCUT2D eigenvalue weighted by Crippen LogP contribution is 2.26. The van der Waals surface area contributed by atoms with Crippen molar-refractivity contribution in [1.29, 1.82) is 0 Å². The Morgan fingerprint density at radius 3 is 1.98 bits per heavy atom. The van der Waals surface area contributed by atoms with E-state index in [1.807, 2.05) is 43.3 Å². The second-order valence-corrected chi connectivity index (χ2v) is 14.8. The molecule has 2 aromatic rings. The zero-order valence-corrected chi connectivity index (χ0v) is 31.2. The minimum absolute atomic E-state index is 0.137. The van der Waals surface area contributed by atoms with Gasteiger partial charge in [0.2, 0.25) is 17.7 Å². The van der Waals surface area contributed by atoms with Gasteiger partial charge in [-0.1, -0.05) is 99.2 Å². The van der Waals surface area contributed by atoms with Crippen molar-refractivity contribution in [2.45, 2.75) is 136 Å². The van der Waals surface area contributed by atoms with Gasteiger partial charge in [-0.25, -0.2) is 9.59 Å². The van der Waals surface area contributed by atoms with E-state index in [-0.39, 0.29) is 13.0 Å². The van der Waals surface area contributed by atoms with Crippen molar-refractivity contribution in [1.82, 2.24) is 15.5 Å². The molecule has 0 bridgehead atoms. The van der Waals surface area contributed by atoms with Gasteiger partial charge in [-0.15, -0.1) is 0 Å². The molecule has 2 rings (SSSR count). The maximum atomic E-state index is 14.6. The summed E-state index contributed by atoms with van der Waals surface area (Å²) in [5, 5.41) is 5.42. The van der Waals surface area contributed by atoms with E-state index in [0.29, 0.717) is 12.0 Å². The van der Waals surface area contributed by atoms with Crippen molar-refractivity contribution in [3.8, 4) is 0 Å². The van der Waals surface area contributed by atoms with Crippen LogP contribution in [-0.4, -0.2) is 64.5 Å². The Morgan fingerprint density at radius 2 is 1.40 bits per heavy atom. The third-order valence-corrected chi connectivity index (χ3v) is 7.64. The van der Waals surface area contributed by atoms with Gasteiger partial charge in [0.15, 0.2) is 0 Å². The number of carbonyl (C=O) groups excluding carboxylic acids is 5. The van der Waals surface area contributed by atoms with Gasteiger partial charge in [0.25, 0.3) is 0 Å². The average Bonchev–Trinajstić information content (AvgIpc) is 2.99. The Morgan fingerprint density at radius 1 is 0.780 bits per heavy atom. The third kappa shape index (κ3) is 15.4. The topological polar surface area (TPSA) is 157 Å². The molecular formula is C39H58N4O7. The molecule has 0 saturated carbocycles. The number of carbonyl (C=O) groups is 5. The number of primary amides is 1. The van der Waals surface area contributed by atoms with Crippen LogP contribution in [-0.2, 0) is 35.1 Å². The number of hydrogen-bond acceptors (Lipinski definition) is 7. The second kappa shape index (κ2) is 19.7. The van der Waals surface area contributed by atoms with Gasteiger partial charge in [-0.05, 0) is 66.0 Å². The number of nitrogens with one attached hydrogen (secondary N) is 2. The predicted octanol–water partition coefficient (Wildman–Crippen LogP) is 6.06. The molecule has 11 nitrogen and oxygen atoms in total. The Labute approximate surface area is 298 Å². The summed E-state index contributed by atoms with van der Waals surface area (Å²) in [6.07, 6.45) is 4.23. The summed E-state index contributed by atoms with van der Waals surface area (Å²) >= 11 is 0. The van der Waals surface area contributed by atoms with Crippen LogP contribution in [0.3, 0.4) is 0 Å². The SMILES string of the molecule is CCCCCCCCN(C(=O)C(CC(N)=O)NC(=O)OC(C)(C)C)C(C(=O)NC(Cc1ccccc1)C(=O)OC(C)(C)C)c1cccc(C)c1. The van der Waals surface area contributed by atoms with Crippen molar-refractivity contribution in [2.24, 2.45) is 5.73 Å². The fraction of sp³-hybridized carbons (Fsp3) is 0.564. The number of esters is 1. The van der Waals surface area contributed by atoms with E-state index in [0.717, 1.165) is 43.2 Å². The van der Waals surface area contributed by atoms with E-state index >= 15 is 0 Å². The molecule has 0 radical (unpaired) electrons. The Bertz CT molecular complexity index is 1420. The molecule has 0 aliphatic carbocycles. The number of hydrogen-bond donors (Lipinski definition) is 3. The van der Waals surface area contributed by atoms with Gasteiger partial charge in [0.1, 0.15) is 29.3 Å². The largest absolute Gasteiger partial charge is 0.458 e. The predicted molar refractivity (Wildman–Crippen MR) is 194 cm³/mol. The Hall–Kier alpha value is -4.41. The lowest BCUT2D eigenvalue weighted by molar-refractivity contribution is -0.159. The van der Waals surface area contributed by atoms with E-state index in [9.17, 15) is 24.0 Å². The molecule has 0 aliphatic rings. The first-order valence-electron chi connectivity index (χ1n) is 17.6. The van der Waals surface area contributed by atoms with Crippen LogP contribution in [0.25, 0.3) is 0 Å². The van der Waals surface area contributed by atoms with E-state index < -0.39 is 65.5 Å². The second-order valence-electron chi connectivity index (χ2n) is 14.8. The number of amides is 4. The highest BCUT2D eigenvalue weighted by atomic mass is 16.6. The summed E-state index contributed by atoms with van der Waals surface area (Å²) in [6, 6.07) is 12.7. The maximum Gasteiger partial charge on any atom is 0.408 e. The first-order chi connectivity index (χ1) is 23.4. The Kier molecular flexibility index (Phi) is 16.4. The molecule has 0 fully saturated rings. The lowest BCUT2D eigenvalue weighted by Gasteiger charge is -2.35. The van der Waals surface area contributed by atoms with Crippen LogP contribution in [0.5, 0.6) is 0 Å². The summed E-state index contributed by atoms with van der Waals surface area (Å²) < 4.78 is 11.1. The minimum Gasteiger partial charge on any atom is -0.458 e. The molecule has 2 aromatic carbocycles. The monoisotopic (exact) mass is 694 g/mol. The molecule has 0 spiro atoms. The summed E-state index contributed by atoms with van der Waals surface area (Å²) in [5.41, 5.74) is 6.02. The van der Waals surface area contributed by atoms with Crippen LogP contribution in [0.2, 0.25) is 0 Å². The molecule has 0 heterocycles. The van der Waals surface area contributed by atoms with E-state index in [1.54, 1.807) is 59.7 Å². The third-order valence-electron chi connectivity index (χ3n) is 7.64. The maximum absolute atomic E-state index is 14.6. The van der Waals surface area contributed by atoms with Gasteiger partial charge in [-0.3, -0.25) is 14.4 Å². The number of unbranched alkanes of at least 4 members (excludes halogenated alkanes) is 5. The van der Waals surface area contributed by atoms with Gasteiger partial charge in [-0.2, -0.15) is 0 Å². The number of rotatable bonds is 18. The van der Waals surface area contributed by atoms with Crippen molar-refractivity contribution < 1.29 is 33.4 Å². The van der Waals surface area contributed by atoms with Crippen molar-refractivity contribution in [2.75, 3.05) is 6.54 Å². The molecule has 276 valence electrons. The Balaban J connectivity index is 2.63. The fourth-order valence-corrected chi connectivity index (χ4v) is 5.46. The summed E-state index contributed by atoms with van der Waals surface area (Å²) in [4.78, 5) is 69.1. The normalized spacial score (nSPS) is 13.4. The molecular weight excluding hydrogens is 636 g/mol. The first kappa shape index (κ1) is 41.8. The average molecular weight is 695 g/mol. The molecule has 0 saturated heterocycles. The molecule has 4 amide bonds. The van der Waals surface area contributed by atoms with Gasteiger partial charge in [0, 0.05) is 13.0 Å². The van der Waals surface area contributed by atoms with Crippen LogP contribution >= 0.6 is 0 Å². The van der Waals surface area contributed by atoms with Crippen LogP contribution < -0.4 is 16.4 Å². The summed E-state index contributed by atoms with van der Waals surface area (Å²) in [6.45, 7) is 14.4. The van der Waals surface area contributed by atoms with Crippen molar-refractivity contribution >= 4 is 29.8 Å². The zero-order chi connectivity index (χ0) is 37.5. The van der Waals surface area contributed by atoms with E-state index in [1.165, 1.54) is 4.90 Å². The van der Waals surface area contributed by atoms with E-state index in [4.69, 9.17) is 15.2 Å². The molecule has 0 aliphatic heterocycles. The number of ether oxygens (including phenoxy) is 2. The molecule has 50 heavy (non-hydrogen) atoms. The first-order valence-corrected chi connectivity index (χ1v) is 17.6. The van der Waals surface area contributed by atoms with Crippen LogP contribution in [0.15, 0.2) is 54.6 Å². The zero-order valence-electron chi connectivity index (χ0n) is 31.2. The number of nitrogens with zero attached hydrogens (tertiary/aromatic N) is 1. The minimum atomic E-state index is -1.41. The molecule has 0 aromatic heterocycles. The molecule has 3 atom stereocenters. The van der Waals surface area contributed by atoms with Gasteiger partial charge < -0.3 is 30.7 Å². The van der Waals surface area contributed by atoms with Crippen LogP contribution in [0, 0.1) is 6.92 Å². The fourth-order valence-electron chi connectivity index (χ4n) is 5.46. The highest BCUT2D eigenvalue weighted by Gasteiger charge is 2.38. The van der Waals surface area contributed by atoms with Crippen LogP contribution in [0.1, 0.15) is 116 Å². The summed E-state index contributed by atoms with van der Waals surface area (Å²) in [5.74, 6) is -2.73. The lowest BCUT2D eigenvalue weighted by Crippen LogP contribution is -2.55. The van der Waals surface area contributed by atoms with Gasteiger partial charge >= 0.3 is 12.1 Å².